The second kappa shape index (κ2) is 7.12. The number of nitrogens with zero attached hydrogens (tertiary/aromatic N) is 1. The molecule has 5 heteroatoms. The zero-order valence-electron chi connectivity index (χ0n) is 10.4. The lowest BCUT2D eigenvalue weighted by atomic mass is 9.95. The Kier molecular flexibility index (Phi) is 5.47. The van der Waals surface area contributed by atoms with Crippen molar-refractivity contribution in [2.75, 3.05) is 0 Å². The highest BCUT2D eigenvalue weighted by atomic mass is 79.9. The Morgan fingerprint density at radius 1 is 0.950 bits per heavy atom. The van der Waals surface area contributed by atoms with Gasteiger partial charge < -0.3 is 0 Å². The Labute approximate surface area is 137 Å². The van der Waals surface area contributed by atoms with Gasteiger partial charge in [0.15, 0.2) is 0 Å². The molecule has 0 spiro atoms. The summed E-state index contributed by atoms with van der Waals surface area (Å²) in [6, 6.07) is 14.8. The lowest BCUT2D eigenvalue weighted by Gasteiger charge is -2.00. The Morgan fingerprint density at radius 2 is 1.50 bits per heavy atom. The second-order valence-electron chi connectivity index (χ2n) is 4.03. The predicted octanol–water partition coefficient (Wildman–Crippen LogP) is 4.47. The highest BCUT2D eigenvalue weighted by Crippen LogP contribution is 2.19. The monoisotopic (exact) mass is 363 g/mol. The number of rotatable bonds is 3. The van der Waals surface area contributed by atoms with Gasteiger partial charge in [-0.15, -0.1) is 0 Å². The van der Waals surface area contributed by atoms with Gasteiger partial charge in [-0.3, -0.25) is 0 Å². The van der Waals surface area contributed by atoms with E-state index in [9.17, 15) is 0 Å². The zero-order chi connectivity index (χ0) is 14.5. The summed E-state index contributed by atoms with van der Waals surface area (Å²) in [6.07, 6.45) is 1.53. The standard InChI is InChI=1S/C15H9BBrCl2N/c16-12-5-1-10(2-6-12)14(18)9-20-15(19)11-3-7-13(17)8-4-11/h1-9H/b14-9-,20-15?. The summed E-state index contributed by atoms with van der Waals surface area (Å²) < 4.78 is 0.987. The molecule has 0 aliphatic heterocycles. The fourth-order valence-corrected chi connectivity index (χ4v) is 2.11. The van der Waals surface area contributed by atoms with E-state index in [1.807, 2.05) is 36.4 Å². The second-order valence-corrected chi connectivity index (χ2v) is 5.71. The fraction of sp³-hybridized carbons (Fsp3) is 0. The van der Waals surface area contributed by atoms with Gasteiger partial charge in [0.25, 0.3) is 0 Å². The van der Waals surface area contributed by atoms with E-state index in [0.717, 1.165) is 15.6 Å². The van der Waals surface area contributed by atoms with Crippen molar-refractivity contribution < 1.29 is 0 Å². The maximum Gasteiger partial charge on any atom is 0.136 e. The van der Waals surface area contributed by atoms with E-state index < -0.39 is 0 Å². The molecule has 0 saturated heterocycles. The normalized spacial score (nSPS) is 12.6. The molecule has 0 aromatic heterocycles. The van der Waals surface area contributed by atoms with Crippen LogP contribution < -0.4 is 5.46 Å². The lowest BCUT2D eigenvalue weighted by Crippen LogP contribution is -1.99. The minimum Gasteiger partial charge on any atom is -0.242 e. The third-order valence-corrected chi connectivity index (χ3v) is 3.72. The molecule has 0 aliphatic rings. The smallest absolute Gasteiger partial charge is 0.136 e. The van der Waals surface area contributed by atoms with Crippen molar-refractivity contribution in [1.82, 2.24) is 0 Å². The Bertz CT molecular complexity index is 589. The summed E-state index contributed by atoms with van der Waals surface area (Å²) in [6.45, 7) is 0. The molecule has 2 aromatic rings. The fourth-order valence-electron chi connectivity index (χ4n) is 1.49. The predicted molar refractivity (Wildman–Crippen MR) is 92.2 cm³/mol. The molecular weight excluding hydrogens is 356 g/mol. The summed E-state index contributed by atoms with van der Waals surface area (Å²) in [5, 5.41) is 0.881. The van der Waals surface area contributed by atoms with Crippen molar-refractivity contribution in [3.8, 4) is 0 Å². The van der Waals surface area contributed by atoms with Crippen LogP contribution in [-0.4, -0.2) is 13.0 Å². The van der Waals surface area contributed by atoms with Gasteiger partial charge in [-0.25, -0.2) is 4.99 Å². The van der Waals surface area contributed by atoms with Gasteiger partial charge in [0.05, 0.1) is 5.03 Å². The van der Waals surface area contributed by atoms with Crippen molar-refractivity contribution in [1.29, 1.82) is 0 Å². The van der Waals surface area contributed by atoms with Gasteiger partial charge >= 0.3 is 0 Å². The summed E-state index contributed by atoms with van der Waals surface area (Å²) >= 11 is 15.7. The van der Waals surface area contributed by atoms with Crippen LogP contribution in [0.4, 0.5) is 0 Å². The average molecular weight is 365 g/mol. The highest BCUT2D eigenvalue weighted by molar-refractivity contribution is 9.10. The van der Waals surface area contributed by atoms with Crippen LogP contribution in [0.25, 0.3) is 5.03 Å². The molecular formula is C15H9BBrCl2N. The molecule has 0 N–H and O–H groups in total. The van der Waals surface area contributed by atoms with Crippen LogP contribution >= 0.6 is 39.1 Å². The molecule has 0 aliphatic carbocycles. The largest absolute Gasteiger partial charge is 0.242 e. The first-order valence-corrected chi connectivity index (χ1v) is 7.32. The molecule has 2 aromatic carbocycles. The van der Waals surface area contributed by atoms with E-state index in [0.29, 0.717) is 15.7 Å². The number of benzene rings is 2. The molecule has 2 radical (unpaired) electrons. The minimum absolute atomic E-state index is 0.381. The Hall–Kier alpha value is -1.03. The lowest BCUT2D eigenvalue weighted by molar-refractivity contribution is 1.54. The van der Waals surface area contributed by atoms with Gasteiger partial charge in [0, 0.05) is 16.2 Å². The third kappa shape index (κ3) is 4.24. The quantitative estimate of drug-likeness (QED) is 0.563. The van der Waals surface area contributed by atoms with Gasteiger partial charge in [0.2, 0.25) is 0 Å². The summed E-state index contributed by atoms with van der Waals surface area (Å²) in [7, 11) is 5.62. The summed E-state index contributed by atoms with van der Waals surface area (Å²) in [5.74, 6) is 0. The number of halogens is 3. The average Bonchev–Trinajstić information content (AvgIpc) is 2.46. The maximum absolute atomic E-state index is 6.16. The van der Waals surface area contributed by atoms with E-state index in [-0.39, 0.29) is 0 Å². The van der Waals surface area contributed by atoms with Crippen LogP contribution in [0.3, 0.4) is 0 Å². The summed E-state index contributed by atoms with van der Waals surface area (Å²) in [5.41, 5.74) is 2.35. The van der Waals surface area contributed by atoms with Crippen molar-refractivity contribution in [2.45, 2.75) is 0 Å². The zero-order valence-corrected chi connectivity index (χ0v) is 13.5. The molecule has 20 heavy (non-hydrogen) atoms. The molecule has 2 rings (SSSR count). The molecule has 0 amide bonds. The van der Waals surface area contributed by atoms with Crippen LogP contribution in [0.15, 0.2) is 64.2 Å². The number of hydrogen-bond donors (Lipinski definition) is 0. The van der Waals surface area contributed by atoms with Gasteiger partial charge in [-0.1, -0.05) is 81.0 Å². The minimum atomic E-state index is 0.381. The van der Waals surface area contributed by atoms with Crippen molar-refractivity contribution in [2.24, 2.45) is 4.99 Å². The van der Waals surface area contributed by atoms with Crippen LogP contribution in [0, 0.1) is 0 Å². The van der Waals surface area contributed by atoms with Crippen molar-refractivity contribution >= 4 is 62.6 Å². The Morgan fingerprint density at radius 3 is 2.10 bits per heavy atom. The topological polar surface area (TPSA) is 12.4 Å². The maximum atomic E-state index is 6.16. The molecule has 0 fully saturated rings. The molecule has 0 unspecified atom stereocenters. The first-order chi connectivity index (χ1) is 9.56. The van der Waals surface area contributed by atoms with E-state index >= 15 is 0 Å². The SMILES string of the molecule is [B]c1ccc(/C(Cl)=C/N=C(Cl)c2ccc(Br)cc2)cc1. The number of aliphatic imine (C=N–C) groups is 1. The van der Waals surface area contributed by atoms with Gasteiger partial charge in [-0.2, -0.15) is 0 Å². The van der Waals surface area contributed by atoms with E-state index in [1.165, 1.54) is 6.20 Å². The van der Waals surface area contributed by atoms with Crippen LogP contribution in [0.1, 0.15) is 11.1 Å². The molecule has 0 atom stereocenters. The van der Waals surface area contributed by atoms with Crippen molar-refractivity contribution in [3.63, 3.8) is 0 Å². The number of hydrogen-bond acceptors (Lipinski definition) is 1. The molecule has 1 nitrogen and oxygen atoms in total. The van der Waals surface area contributed by atoms with E-state index in [2.05, 4.69) is 20.9 Å². The van der Waals surface area contributed by atoms with Crippen molar-refractivity contribution in [3.05, 3.63) is 70.3 Å². The highest BCUT2D eigenvalue weighted by Gasteiger charge is 2.00. The van der Waals surface area contributed by atoms with Gasteiger partial charge in [-0.05, 0) is 17.7 Å². The van der Waals surface area contributed by atoms with Crippen LogP contribution in [0.5, 0.6) is 0 Å². The molecule has 0 bridgehead atoms. The molecule has 0 heterocycles. The van der Waals surface area contributed by atoms with E-state index in [4.69, 9.17) is 31.0 Å². The third-order valence-electron chi connectivity index (χ3n) is 2.56. The van der Waals surface area contributed by atoms with E-state index in [1.54, 1.807) is 12.1 Å². The first kappa shape index (κ1) is 15.4. The molecule has 98 valence electrons. The van der Waals surface area contributed by atoms with Gasteiger partial charge in [0.1, 0.15) is 13.0 Å². The molecule has 0 saturated carbocycles. The van der Waals surface area contributed by atoms with Crippen LogP contribution in [-0.2, 0) is 0 Å². The Balaban J connectivity index is 2.19. The van der Waals surface area contributed by atoms with Crippen LogP contribution in [0.2, 0.25) is 0 Å². The summed E-state index contributed by atoms with van der Waals surface area (Å²) in [4.78, 5) is 4.16. The first-order valence-electron chi connectivity index (χ1n) is 5.77.